The summed E-state index contributed by atoms with van der Waals surface area (Å²) >= 11 is 0. The van der Waals surface area contributed by atoms with E-state index in [0.717, 1.165) is 0 Å². The lowest BCUT2D eigenvalue weighted by Gasteiger charge is -2.01. The molecular weight excluding hydrogens is 250 g/mol. The highest BCUT2D eigenvalue weighted by molar-refractivity contribution is 7.91. The molecule has 18 heavy (non-hydrogen) atoms. The number of fused-ring (bicyclic) bond motifs is 1. The van der Waals surface area contributed by atoms with E-state index in [0.29, 0.717) is 5.65 Å². The van der Waals surface area contributed by atoms with Crippen molar-refractivity contribution in [3.8, 4) is 0 Å². The summed E-state index contributed by atoms with van der Waals surface area (Å²) in [4.78, 5) is 4.42. The molecule has 0 saturated carbocycles. The van der Waals surface area contributed by atoms with E-state index in [-0.39, 0.29) is 9.79 Å². The Hall–Kier alpha value is -2.21. The Morgan fingerprint density at radius 2 is 1.83 bits per heavy atom. The number of hydrogen-bond donors (Lipinski definition) is 0. The number of rotatable bonds is 2. The fourth-order valence-corrected chi connectivity index (χ4v) is 3.06. The molecule has 3 rings (SSSR count). The van der Waals surface area contributed by atoms with Crippen molar-refractivity contribution in [3.63, 3.8) is 0 Å². The van der Waals surface area contributed by atoms with E-state index in [9.17, 15) is 8.42 Å². The number of hydrogen-bond acceptors (Lipinski definition) is 4. The van der Waals surface area contributed by atoms with Crippen molar-refractivity contribution in [1.29, 1.82) is 0 Å². The molecule has 0 unspecified atom stereocenters. The predicted octanol–water partition coefficient (Wildman–Crippen LogP) is 1.56. The number of nitrogens with zero attached hydrogens (tertiary/aromatic N) is 3. The Labute approximate surface area is 104 Å². The number of benzene rings is 1. The number of aromatic nitrogens is 3. The lowest BCUT2D eigenvalue weighted by atomic mass is 10.4. The summed E-state index contributed by atoms with van der Waals surface area (Å²) in [5.74, 6) is 0. The molecule has 0 saturated heterocycles. The van der Waals surface area contributed by atoms with Crippen molar-refractivity contribution in [2.45, 2.75) is 9.79 Å². The van der Waals surface area contributed by atoms with Gasteiger partial charge in [0.1, 0.15) is 4.90 Å². The van der Waals surface area contributed by atoms with Gasteiger partial charge in [-0.1, -0.05) is 18.2 Å². The van der Waals surface area contributed by atoms with Crippen molar-refractivity contribution in [2.24, 2.45) is 0 Å². The first-order chi connectivity index (χ1) is 8.69. The van der Waals surface area contributed by atoms with Crippen LogP contribution >= 0.6 is 0 Å². The van der Waals surface area contributed by atoms with Crippen LogP contribution < -0.4 is 0 Å². The molecule has 0 bridgehead atoms. The van der Waals surface area contributed by atoms with Crippen LogP contribution in [0.1, 0.15) is 0 Å². The minimum absolute atomic E-state index is 0.120. The molecule has 0 aliphatic heterocycles. The van der Waals surface area contributed by atoms with Crippen LogP contribution in [0.5, 0.6) is 0 Å². The highest BCUT2D eigenvalue weighted by Gasteiger charge is 2.22. The molecule has 0 fully saturated rings. The van der Waals surface area contributed by atoms with Gasteiger partial charge in [-0.05, 0) is 18.2 Å². The van der Waals surface area contributed by atoms with Crippen LogP contribution in [0.4, 0.5) is 0 Å². The maximum Gasteiger partial charge on any atom is 0.211 e. The Bertz CT molecular complexity index is 794. The van der Waals surface area contributed by atoms with E-state index in [1.54, 1.807) is 48.8 Å². The van der Waals surface area contributed by atoms with Crippen molar-refractivity contribution in [3.05, 3.63) is 55.0 Å². The lowest BCUT2D eigenvalue weighted by molar-refractivity contribution is 0.597. The molecule has 2 aromatic heterocycles. The molecule has 5 nitrogen and oxygen atoms in total. The lowest BCUT2D eigenvalue weighted by Crippen LogP contribution is -2.02. The van der Waals surface area contributed by atoms with Gasteiger partial charge >= 0.3 is 0 Å². The van der Waals surface area contributed by atoms with Gasteiger partial charge in [0.05, 0.1) is 11.1 Å². The topological polar surface area (TPSA) is 64.3 Å². The highest BCUT2D eigenvalue weighted by Crippen LogP contribution is 2.22. The van der Waals surface area contributed by atoms with Gasteiger partial charge in [0.2, 0.25) is 9.84 Å². The van der Waals surface area contributed by atoms with E-state index in [1.807, 2.05) is 0 Å². The van der Waals surface area contributed by atoms with Gasteiger partial charge in [0, 0.05) is 12.4 Å². The van der Waals surface area contributed by atoms with E-state index in [2.05, 4.69) is 10.1 Å². The van der Waals surface area contributed by atoms with Gasteiger partial charge < -0.3 is 0 Å². The van der Waals surface area contributed by atoms with Gasteiger partial charge in [-0.2, -0.15) is 5.10 Å². The van der Waals surface area contributed by atoms with Gasteiger partial charge in [-0.15, -0.1) is 0 Å². The van der Waals surface area contributed by atoms with Crippen molar-refractivity contribution >= 4 is 15.5 Å². The molecule has 0 aliphatic carbocycles. The molecule has 0 aliphatic rings. The summed E-state index contributed by atoms with van der Waals surface area (Å²) in [7, 11) is -3.57. The van der Waals surface area contributed by atoms with Crippen molar-refractivity contribution < 1.29 is 8.42 Å². The molecular formula is C12H9N3O2S. The quantitative estimate of drug-likeness (QED) is 0.700. The molecule has 3 aromatic rings. The molecule has 0 radical (unpaired) electrons. The summed E-state index contributed by atoms with van der Waals surface area (Å²) < 4.78 is 26.3. The normalized spacial score (nSPS) is 11.8. The second kappa shape index (κ2) is 3.92. The smallest absolute Gasteiger partial charge is 0.211 e. The zero-order chi connectivity index (χ0) is 12.6. The van der Waals surface area contributed by atoms with Crippen LogP contribution in [0.15, 0.2) is 64.8 Å². The Morgan fingerprint density at radius 1 is 1.06 bits per heavy atom. The van der Waals surface area contributed by atoms with E-state index in [1.165, 1.54) is 10.7 Å². The summed E-state index contributed by atoms with van der Waals surface area (Å²) in [5.41, 5.74) is 0.335. The second-order valence-corrected chi connectivity index (χ2v) is 5.63. The summed E-state index contributed by atoms with van der Waals surface area (Å²) in [6, 6.07) is 9.95. The summed E-state index contributed by atoms with van der Waals surface area (Å²) in [6.07, 6.45) is 4.53. The molecule has 0 N–H and O–H groups in total. The average molecular weight is 259 g/mol. The maximum atomic E-state index is 12.4. The van der Waals surface area contributed by atoms with Crippen LogP contribution in [0.2, 0.25) is 0 Å². The number of sulfone groups is 1. The van der Waals surface area contributed by atoms with Crippen molar-refractivity contribution in [2.75, 3.05) is 0 Å². The molecule has 0 spiro atoms. The Kier molecular flexibility index (Phi) is 2.38. The molecule has 0 atom stereocenters. The van der Waals surface area contributed by atoms with Crippen LogP contribution in [0.25, 0.3) is 5.65 Å². The maximum absolute atomic E-state index is 12.4. The Morgan fingerprint density at radius 3 is 2.61 bits per heavy atom. The first-order valence-electron chi connectivity index (χ1n) is 5.28. The molecule has 90 valence electrons. The van der Waals surface area contributed by atoms with Crippen LogP contribution in [-0.2, 0) is 9.84 Å². The molecule has 0 amide bonds. The molecule has 2 heterocycles. The SMILES string of the molecule is O=S(=O)(c1ccccc1)c1cnn2cccnc12. The third-order valence-electron chi connectivity index (χ3n) is 2.59. The minimum Gasteiger partial charge on any atom is -0.236 e. The second-order valence-electron chi connectivity index (χ2n) is 3.71. The van der Waals surface area contributed by atoms with Gasteiger partial charge in [0.25, 0.3) is 0 Å². The standard InChI is InChI=1S/C12H9N3O2S/c16-18(17,10-5-2-1-3-6-10)11-9-14-15-8-4-7-13-12(11)15/h1-9H. The zero-order valence-electron chi connectivity index (χ0n) is 9.26. The van der Waals surface area contributed by atoms with Gasteiger partial charge in [-0.3, -0.25) is 0 Å². The third-order valence-corrected chi connectivity index (χ3v) is 4.35. The van der Waals surface area contributed by atoms with Crippen LogP contribution in [-0.4, -0.2) is 23.0 Å². The highest BCUT2D eigenvalue weighted by atomic mass is 32.2. The first kappa shape index (κ1) is 10.9. The van der Waals surface area contributed by atoms with E-state index in [4.69, 9.17) is 0 Å². The fourth-order valence-electron chi connectivity index (χ4n) is 1.72. The third kappa shape index (κ3) is 1.58. The average Bonchev–Trinajstić information content (AvgIpc) is 2.84. The fraction of sp³-hybridized carbons (Fsp3) is 0. The van der Waals surface area contributed by atoms with Crippen LogP contribution in [0.3, 0.4) is 0 Å². The van der Waals surface area contributed by atoms with Gasteiger partial charge in [0.15, 0.2) is 5.65 Å². The van der Waals surface area contributed by atoms with E-state index >= 15 is 0 Å². The Balaban J connectivity index is 2.27. The summed E-state index contributed by atoms with van der Waals surface area (Å²) in [5, 5.41) is 3.99. The molecule has 6 heteroatoms. The van der Waals surface area contributed by atoms with Crippen LogP contribution in [0, 0.1) is 0 Å². The predicted molar refractivity (Wildman–Crippen MR) is 64.9 cm³/mol. The minimum atomic E-state index is -3.57. The molecule has 1 aromatic carbocycles. The monoisotopic (exact) mass is 259 g/mol. The first-order valence-corrected chi connectivity index (χ1v) is 6.76. The van der Waals surface area contributed by atoms with E-state index < -0.39 is 9.84 Å². The van der Waals surface area contributed by atoms with Gasteiger partial charge in [-0.25, -0.2) is 17.9 Å². The summed E-state index contributed by atoms with van der Waals surface area (Å²) in [6.45, 7) is 0. The largest absolute Gasteiger partial charge is 0.236 e. The zero-order valence-corrected chi connectivity index (χ0v) is 10.1. The van der Waals surface area contributed by atoms with Crippen molar-refractivity contribution in [1.82, 2.24) is 14.6 Å².